The van der Waals surface area contributed by atoms with Crippen LogP contribution in [0.25, 0.3) is 17.0 Å². The van der Waals surface area contributed by atoms with Crippen molar-refractivity contribution in [3.05, 3.63) is 48.2 Å². The molecule has 2 aromatic rings. The number of alkyl halides is 2. The number of ether oxygens (including phenoxy) is 5. The molecule has 57 heavy (non-hydrogen) atoms. The third-order valence-corrected chi connectivity index (χ3v) is 12.1. The van der Waals surface area contributed by atoms with Gasteiger partial charge >= 0.3 is 12.1 Å². The minimum atomic E-state index is -3.79. The van der Waals surface area contributed by atoms with Gasteiger partial charge in [-0.05, 0) is 58.5 Å². The van der Waals surface area contributed by atoms with Crippen LogP contribution in [0.5, 0.6) is 0 Å². The van der Waals surface area contributed by atoms with Crippen molar-refractivity contribution in [2.24, 2.45) is 23.7 Å². The Bertz CT molecular complexity index is 1810. The van der Waals surface area contributed by atoms with Crippen LogP contribution in [0.3, 0.4) is 0 Å². The highest BCUT2D eigenvalue weighted by Crippen LogP contribution is 2.40. The molecule has 2 N–H and O–H groups in total. The van der Waals surface area contributed by atoms with Crippen molar-refractivity contribution in [1.29, 1.82) is 0 Å². The van der Waals surface area contributed by atoms with Gasteiger partial charge in [0.2, 0.25) is 0 Å². The number of aliphatic hydroxyl groups is 1. The number of fused-ring (bicyclic) bond motifs is 2. The molecule has 3 aliphatic heterocycles. The van der Waals surface area contributed by atoms with Gasteiger partial charge in [-0.3, -0.25) is 14.6 Å². The normalized spacial score (nSPS) is 38.5. The number of aliphatic hydroxyl groups excluding tert-OH is 1. The summed E-state index contributed by atoms with van der Waals surface area (Å²) in [5, 5.41) is 15.1. The lowest BCUT2D eigenvalue weighted by molar-refractivity contribution is -0.282. The first-order valence-corrected chi connectivity index (χ1v) is 19.7. The second kappa shape index (κ2) is 17.9. The Hall–Kier alpha value is -3.89. The first-order chi connectivity index (χ1) is 26.9. The number of nitrogens with one attached hydrogen (secondary N) is 1. The molecular weight excluding hydrogens is 744 g/mol. The quantitative estimate of drug-likeness (QED) is 0.258. The van der Waals surface area contributed by atoms with Crippen LogP contribution in [0, 0.1) is 23.7 Å². The standard InChI is InChI=1S/C42H57F2N3O10/c1-10-31-41(7)36(46-40(52)57-41)24(4)32(48)23(3)34(53-17-13-14-27-19-28-15-11-12-16-29(28)45-20-27)25(5)35(26(6)37(50)42(44,21-43)39(51)55-31)56-38-33(49)30(47(8)9)18-22(2)54-38/h11-16,19-20,22-26,30-31,33-36,38,49H,10,17-18,21H2,1-9H3,(H,46,52)/b14-13+/t22-,23+,24+,25+,26-,30+,31-,33-,34+,35+,36?,38+,41-,42?/m1/s1. The highest BCUT2D eigenvalue weighted by molar-refractivity contribution is 6.08. The zero-order valence-corrected chi connectivity index (χ0v) is 34.1. The SMILES string of the molecule is CC[C@H]1OC(=O)C(F)(CF)C(=O)[C@H](C)[C@@H](O[C@@H]2O[C@H](C)C[C@H](N(C)C)[C@H]2O)[C@@H](C)[C@@H](OC/C=C/c2cnc3ccccc3c2)[C@@H](C)C(=O)[C@H](C)C2NC(=O)O[C@@]21C. The fraction of sp³-hybridized carbons (Fsp3) is 0.643. The van der Waals surface area contributed by atoms with E-state index in [0.717, 1.165) is 16.5 Å². The van der Waals surface area contributed by atoms with Crippen molar-refractivity contribution in [3.63, 3.8) is 0 Å². The number of ketones is 2. The van der Waals surface area contributed by atoms with Gasteiger partial charge in [-0.25, -0.2) is 18.4 Å². The number of likely N-dealkylation sites (N-methyl/N-ethyl adjacent to an activating group) is 1. The molecule has 0 bridgehead atoms. The van der Waals surface area contributed by atoms with Crippen molar-refractivity contribution < 1.29 is 56.7 Å². The molecule has 1 aromatic carbocycles. The molecule has 4 heterocycles. The molecular formula is C42H57F2N3O10. The number of hydrogen-bond donors (Lipinski definition) is 2. The van der Waals surface area contributed by atoms with Crippen LogP contribution >= 0.6 is 0 Å². The first kappa shape index (κ1) is 44.2. The molecule has 3 fully saturated rings. The summed E-state index contributed by atoms with van der Waals surface area (Å²) < 4.78 is 61.9. The zero-order valence-electron chi connectivity index (χ0n) is 34.1. The topological polar surface area (TPSA) is 163 Å². The van der Waals surface area contributed by atoms with Gasteiger partial charge in [0.1, 0.15) is 24.7 Å². The number of hydrogen-bond acceptors (Lipinski definition) is 12. The number of aromatic nitrogens is 1. The molecule has 3 saturated heterocycles. The minimum absolute atomic E-state index is 0.0338. The van der Waals surface area contributed by atoms with Gasteiger partial charge in [0.15, 0.2) is 17.7 Å². The summed E-state index contributed by atoms with van der Waals surface area (Å²) in [5.74, 6) is -8.07. The maximum atomic E-state index is 16.8. The first-order valence-electron chi connectivity index (χ1n) is 19.7. The number of carbonyl (C=O) groups is 4. The van der Waals surface area contributed by atoms with Gasteiger partial charge in [-0.1, -0.05) is 65.0 Å². The summed E-state index contributed by atoms with van der Waals surface area (Å²) in [6, 6.07) is 8.12. The number of carbonyl (C=O) groups excluding carboxylic acids is 4. The molecule has 1 amide bonds. The third-order valence-electron chi connectivity index (χ3n) is 12.1. The van der Waals surface area contributed by atoms with Crippen LogP contribution in [0.2, 0.25) is 0 Å². The lowest BCUT2D eigenvalue weighted by atomic mass is 9.73. The Labute approximate surface area is 332 Å². The van der Waals surface area contributed by atoms with E-state index < -0.39 is 108 Å². The van der Waals surface area contributed by atoms with Crippen LogP contribution in [0.15, 0.2) is 42.6 Å². The number of benzene rings is 1. The number of halogens is 2. The molecule has 0 saturated carbocycles. The molecule has 0 spiro atoms. The molecule has 13 nitrogen and oxygen atoms in total. The van der Waals surface area contributed by atoms with Crippen LogP contribution in [0.4, 0.5) is 13.6 Å². The van der Waals surface area contributed by atoms with E-state index in [1.54, 1.807) is 61.0 Å². The molecule has 314 valence electrons. The number of rotatable bonds is 9. The largest absolute Gasteiger partial charge is 0.455 e. The van der Waals surface area contributed by atoms with E-state index in [0.29, 0.717) is 6.42 Å². The smallest absolute Gasteiger partial charge is 0.408 e. The number of Topliss-reactive ketones (excluding diaryl/α,β-unsaturated/α-hetero) is 2. The van der Waals surface area contributed by atoms with E-state index in [1.165, 1.54) is 13.8 Å². The summed E-state index contributed by atoms with van der Waals surface area (Å²) in [6.45, 7) is 8.93. The van der Waals surface area contributed by atoms with Gasteiger partial charge in [0.25, 0.3) is 5.67 Å². The van der Waals surface area contributed by atoms with Crippen LogP contribution in [-0.2, 0) is 38.1 Å². The second-order valence-corrected chi connectivity index (χ2v) is 16.3. The van der Waals surface area contributed by atoms with Gasteiger partial charge in [0, 0.05) is 41.3 Å². The van der Waals surface area contributed by atoms with Crippen molar-refractivity contribution in [2.45, 2.75) is 121 Å². The Morgan fingerprint density at radius 2 is 1.75 bits per heavy atom. The highest BCUT2D eigenvalue weighted by Gasteiger charge is 2.60. The molecule has 3 aliphatic rings. The summed E-state index contributed by atoms with van der Waals surface area (Å²) in [6.07, 6.45) is -2.01. The number of para-hydroxylation sites is 1. The summed E-state index contributed by atoms with van der Waals surface area (Å²) in [7, 11) is 3.57. The predicted molar refractivity (Wildman–Crippen MR) is 206 cm³/mol. The van der Waals surface area contributed by atoms with E-state index in [4.69, 9.17) is 23.7 Å². The second-order valence-electron chi connectivity index (χ2n) is 16.3. The fourth-order valence-electron chi connectivity index (χ4n) is 8.73. The lowest BCUT2D eigenvalue weighted by Crippen LogP contribution is -2.61. The Morgan fingerprint density at radius 1 is 1.05 bits per heavy atom. The van der Waals surface area contributed by atoms with Crippen LogP contribution in [0.1, 0.15) is 66.9 Å². The molecule has 14 atom stereocenters. The minimum Gasteiger partial charge on any atom is -0.455 e. The van der Waals surface area contributed by atoms with Gasteiger partial charge in [-0.15, -0.1) is 0 Å². The van der Waals surface area contributed by atoms with Crippen molar-refractivity contribution >= 4 is 40.6 Å². The Morgan fingerprint density at radius 3 is 2.42 bits per heavy atom. The molecule has 15 heteroatoms. The van der Waals surface area contributed by atoms with E-state index >= 15 is 4.39 Å². The monoisotopic (exact) mass is 801 g/mol. The molecule has 0 aliphatic carbocycles. The average Bonchev–Trinajstić information content (AvgIpc) is 3.51. The zero-order chi connectivity index (χ0) is 42.0. The molecule has 5 rings (SSSR count). The van der Waals surface area contributed by atoms with Gasteiger partial charge in [0.05, 0.1) is 36.5 Å². The van der Waals surface area contributed by atoms with E-state index in [-0.39, 0.29) is 18.8 Å². The Balaban J connectivity index is 1.58. The molecule has 2 unspecified atom stereocenters. The van der Waals surface area contributed by atoms with E-state index in [2.05, 4.69) is 10.3 Å². The van der Waals surface area contributed by atoms with E-state index in [1.807, 2.05) is 41.3 Å². The lowest BCUT2D eigenvalue weighted by Gasteiger charge is -2.45. The Kier molecular flexibility index (Phi) is 13.9. The van der Waals surface area contributed by atoms with Crippen molar-refractivity contribution in [1.82, 2.24) is 15.2 Å². The van der Waals surface area contributed by atoms with Crippen molar-refractivity contribution in [3.8, 4) is 0 Å². The number of cyclic esters (lactones) is 1. The number of esters is 1. The maximum absolute atomic E-state index is 16.8. The van der Waals surface area contributed by atoms with Crippen LogP contribution < -0.4 is 5.32 Å². The van der Waals surface area contributed by atoms with Gasteiger partial charge < -0.3 is 39.0 Å². The number of pyridine rings is 1. The highest BCUT2D eigenvalue weighted by atomic mass is 19.2. The summed E-state index contributed by atoms with van der Waals surface area (Å²) in [5.41, 5.74) is -3.87. The number of nitrogens with zero attached hydrogens (tertiary/aromatic N) is 2. The van der Waals surface area contributed by atoms with Crippen molar-refractivity contribution in [2.75, 3.05) is 27.4 Å². The fourth-order valence-corrected chi connectivity index (χ4v) is 8.73. The van der Waals surface area contributed by atoms with Crippen LogP contribution in [-0.4, -0.2) is 126 Å². The average molecular weight is 802 g/mol. The molecule has 1 aromatic heterocycles. The number of alkyl carbamates (subject to hydrolysis) is 1. The summed E-state index contributed by atoms with van der Waals surface area (Å²) >= 11 is 0. The number of amides is 1. The third kappa shape index (κ3) is 8.92. The molecule has 0 radical (unpaired) electrons. The summed E-state index contributed by atoms with van der Waals surface area (Å²) in [4.78, 5) is 61.6. The van der Waals surface area contributed by atoms with Gasteiger partial charge in [-0.2, -0.15) is 0 Å². The maximum Gasteiger partial charge on any atom is 0.408 e. The van der Waals surface area contributed by atoms with E-state index in [9.17, 15) is 28.7 Å². The predicted octanol–water partition coefficient (Wildman–Crippen LogP) is 5.01.